The Balaban J connectivity index is 2.18. The lowest BCUT2D eigenvalue weighted by Crippen LogP contribution is -2.08. The highest BCUT2D eigenvalue weighted by Crippen LogP contribution is 2.25. The number of ether oxygens (including phenoxy) is 1. The standard InChI is InChI=1S/C12H17N5O2S/c1-4-6-13-9-15-10(18-5-2)17-11(16-9)20-12-14-8(3)7-19-12/h7H,4-6H2,1-3H3,(H,13,15,16,17). The molecule has 1 N–H and O–H groups in total. The second kappa shape index (κ2) is 7.09. The molecule has 0 unspecified atom stereocenters. The van der Waals surface area contributed by atoms with Gasteiger partial charge >= 0.3 is 6.01 Å². The van der Waals surface area contributed by atoms with E-state index in [9.17, 15) is 0 Å². The van der Waals surface area contributed by atoms with Crippen molar-refractivity contribution >= 4 is 17.7 Å². The van der Waals surface area contributed by atoms with Crippen LogP contribution in [0, 0.1) is 6.92 Å². The van der Waals surface area contributed by atoms with E-state index in [4.69, 9.17) is 9.15 Å². The van der Waals surface area contributed by atoms with E-state index in [0.29, 0.717) is 28.9 Å². The van der Waals surface area contributed by atoms with Crippen LogP contribution in [0.2, 0.25) is 0 Å². The van der Waals surface area contributed by atoms with E-state index < -0.39 is 0 Å². The Hall–Kier alpha value is -1.83. The van der Waals surface area contributed by atoms with Crippen molar-refractivity contribution in [3.05, 3.63) is 12.0 Å². The number of nitrogens with zero attached hydrogens (tertiary/aromatic N) is 4. The lowest BCUT2D eigenvalue weighted by atomic mass is 10.5. The molecule has 8 heteroatoms. The summed E-state index contributed by atoms with van der Waals surface area (Å²) < 4.78 is 10.6. The second-order valence-electron chi connectivity index (χ2n) is 3.94. The van der Waals surface area contributed by atoms with Gasteiger partial charge in [-0.05, 0) is 20.3 Å². The molecule has 0 radical (unpaired) electrons. The van der Waals surface area contributed by atoms with Gasteiger partial charge in [0, 0.05) is 18.3 Å². The van der Waals surface area contributed by atoms with Gasteiger partial charge in [-0.15, -0.1) is 0 Å². The Morgan fingerprint density at radius 1 is 1.25 bits per heavy atom. The highest BCUT2D eigenvalue weighted by atomic mass is 32.2. The van der Waals surface area contributed by atoms with E-state index >= 15 is 0 Å². The lowest BCUT2D eigenvalue weighted by Gasteiger charge is -2.07. The third kappa shape index (κ3) is 4.09. The highest BCUT2D eigenvalue weighted by Gasteiger charge is 2.11. The van der Waals surface area contributed by atoms with Crippen molar-refractivity contribution in [2.24, 2.45) is 0 Å². The zero-order valence-electron chi connectivity index (χ0n) is 11.7. The molecule has 0 saturated carbocycles. The average molecular weight is 295 g/mol. The van der Waals surface area contributed by atoms with Gasteiger partial charge in [-0.25, -0.2) is 4.98 Å². The molecule has 108 valence electrons. The highest BCUT2D eigenvalue weighted by molar-refractivity contribution is 7.98. The molecule has 0 atom stereocenters. The number of rotatable bonds is 7. The van der Waals surface area contributed by atoms with Gasteiger partial charge in [0.2, 0.25) is 11.1 Å². The van der Waals surface area contributed by atoms with E-state index in [1.165, 1.54) is 11.8 Å². The van der Waals surface area contributed by atoms with Crippen LogP contribution in [0.4, 0.5) is 5.95 Å². The Bertz CT molecular complexity index is 561. The molecule has 0 bridgehead atoms. The number of aryl methyl sites for hydroxylation is 1. The van der Waals surface area contributed by atoms with Crippen LogP contribution in [0.25, 0.3) is 0 Å². The van der Waals surface area contributed by atoms with Crippen molar-refractivity contribution in [3.8, 4) is 6.01 Å². The van der Waals surface area contributed by atoms with Crippen molar-refractivity contribution in [1.29, 1.82) is 0 Å². The molecule has 0 aliphatic heterocycles. The molecule has 0 saturated heterocycles. The SMILES string of the molecule is CCCNc1nc(OCC)nc(Sc2nc(C)co2)n1. The summed E-state index contributed by atoms with van der Waals surface area (Å²) in [6.45, 7) is 7.11. The molecule has 2 aromatic rings. The fourth-order valence-electron chi connectivity index (χ4n) is 1.35. The second-order valence-corrected chi connectivity index (χ2v) is 4.86. The fraction of sp³-hybridized carbons (Fsp3) is 0.500. The summed E-state index contributed by atoms with van der Waals surface area (Å²) in [6, 6.07) is 0.298. The zero-order valence-corrected chi connectivity index (χ0v) is 12.5. The number of anilines is 1. The van der Waals surface area contributed by atoms with Crippen LogP contribution in [0.15, 0.2) is 21.1 Å². The predicted octanol–water partition coefficient (Wildman–Crippen LogP) is 2.54. The lowest BCUT2D eigenvalue weighted by molar-refractivity contribution is 0.308. The van der Waals surface area contributed by atoms with Gasteiger partial charge in [0.25, 0.3) is 5.22 Å². The molecule has 0 aliphatic rings. The summed E-state index contributed by atoms with van der Waals surface area (Å²) >= 11 is 1.24. The van der Waals surface area contributed by atoms with Crippen LogP contribution in [0.3, 0.4) is 0 Å². The van der Waals surface area contributed by atoms with Gasteiger partial charge < -0.3 is 14.5 Å². The smallest absolute Gasteiger partial charge is 0.322 e. The number of aromatic nitrogens is 4. The summed E-state index contributed by atoms with van der Waals surface area (Å²) in [5.74, 6) is 0.496. The van der Waals surface area contributed by atoms with Gasteiger partial charge in [0.05, 0.1) is 12.3 Å². The molecule has 2 aromatic heterocycles. The van der Waals surface area contributed by atoms with Crippen LogP contribution in [0.5, 0.6) is 6.01 Å². The minimum Gasteiger partial charge on any atom is -0.464 e. The van der Waals surface area contributed by atoms with Crippen molar-refractivity contribution < 1.29 is 9.15 Å². The Morgan fingerprint density at radius 3 is 2.75 bits per heavy atom. The summed E-state index contributed by atoms with van der Waals surface area (Å²) in [5, 5.41) is 4.11. The van der Waals surface area contributed by atoms with Crippen LogP contribution in [-0.4, -0.2) is 33.1 Å². The number of oxazole rings is 1. The van der Waals surface area contributed by atoms with E-state index in [2.05, 4.69) is 32.2 Å². The summed E-state index contributed by atoms with van der Waals surface area (Å²) in [7, 11) is 0. The Morgan fingerprint density at radius 2 is 2.10 bits per heavy atom. The first-order valence-electron chi connectivity index (χ1n) is 6.44. The molecule has 0 aromatic carbocycles. The molecular formula is C12H17N5O2S. The topological polar surface area (TPSA) is 86.0 Å². The van der Waals surface area contributed by atoms with Gasteiger partial charge in [0.1, 0.15) is 6.26 Å². The zero-order chi connectivity index (χ0) is 14.4. The van der Waals surface area contributed by atoms with Crippen LogP contribution < -0.4 is 10.1 Å². The maximum atomic E-state index is 5.34. The minimum atomic E-state index is 0.298. The Kier molecular flexibility index (Phi) is 5.16. The average Bonchev–Trinajstić information content (AvgIpc) is 2.82. The third-order valence-electron chi connectivity index (χ3n) is 2.18. The Labute approximate surface area is 121 Å². The van der Waals surface area contributed by atoms with Crippen molar-refractivity contribution in [2.45, 2.75) is 37.6 Å². The summed E-state index contributed by atoms with van der Waals surface area (Å²) in [6.07, 6.45) is 2.57. The maximum absolute atomic E-state index is 5.34. The summed E-state index contributed by atoms with van der Waals surface area (Å²) in [4.78, 5) is 16.9. The van der Waals surface area contributed by atoms with E-state index in [1.807, 2.05) is 13.8 Å². The predicted molar refractivity (Wildman–Crippen MR) is 75.1 cm³/mol. The molecule has 0 aliphatic carbocycles. The molecule has 7 nitrogen and oxygen atoms in total. The van der Waals surface area contributed by atoms with Crippen LogP contribution >= 0.6 is 11.8 Å². The number of hydrogen-bond acceptors (Lipinski definition) is 8. The normalized spacial score (nSPS) is 10.6. The van der Waals surface area contributed by atoms with Gasteiger partial charge in [-0.1, -0.05) is 6.92 Å². The molecule has 2 heterocycles. The maximum Gasteiger partial charge on any atom is 0.322 e. The molecule has 2 rings (SSSR count). The molecule has 0 amide bonds. The first-order valence-corrected chi connectivity index (χ1v) is 7.25. The van der Waals surface area contributed by atoms with Crippen molar-refractivity contribution in [3.63, 3.8) is 0 Å². The van der Waals surface area contributed by atoms with Crippen molar-refractivity contribution in [1.82, 2.24) is 19.9 Å². The van der Waals surface area contributed by atoms with Gasteiger partial charge in [-0.3, -0.25) is 0 Å². The molecular weight excluding hydrogens is 278 g/mol. The van der Waals surface area contributed by atoms with Crippen LogP contribution in [0.1, 0.15) is 26.0 Å². The number of hydrogen-bond donors (Lipinski definition) is 1. The third-order valence-corrected chi connectivity index (χ3v) is 2.90. The fourth-order valence-corrected chi connectivity index (χ4v) is 2.05. The minimum absolute atomic E-state index is 0.298. The quantitative estimate of drug-likeness (QED) is 0.834. The first kappa shape index (κ1) is 14.6. The molecule has 0 spiro atoms. The monoisotopic (exact) mass is 295 g/mol. The van der Waals surface area contributed by atoms with Gasteiger partial charge in [-0.2, -0.15) is 15.0 Å². The summed E-state index contributed by atoms with van der Waals surface area (Å²) in [5.41, 5.74) is 0.816. The molecule has 20 heavy (non-hydrogen) atoms. The van der Waals surface area contributed by atoms with Crippen LogP contribution in [-0.2, 0) is 0 Å². The van der Waals surface area contributed by atoms with Crippen molar-refractivity contribution in [2.75, 3.05) is 18.5 Å². The van der Waals surface area contributed by atoms with E-state index in [0.717, 1.165) is 18.7 Å². The van der Waals surface area contributed by atoms with Gasteiger partial charge in [0.15, 0.2) is 0 Å². The van der Waals surface area contributed by atoms with E-state index in [1.54, 1.807) is 6.26 Å². The van der Waals surface area contributed by atoms with E-state index in [-0.39, 0.29) is 0 Å². The molecule has 0 fully saturated rings. The first-order chi connectivity index (χ1) is 9.71. The number of nitrogens with one attached hydrogen (secondary N) is 1. The largest absolute Gasteiger partial charge is 0.464 e.